The molecule has 6 heteroatoms. The minimum Gasteiger partial charge on any atom is -0.493 e. The van der Waals surface area contributed by atoms with Gasteiger partial charge < -0.3 is 25.0 Å². The van der Waals surface area contributed by atoms with Gasteiger partial charge in [0.25, 0.3) is 5.91 Å². The van der Waals surface area contributed by atoms with Gasteiger partial charge in [0.2, 0.25) is 0 Å². The van der Waals surface area contributed by atoms with Crippen LogP contribution in [0.3, 0.4) is 0 Å². The quantitative estimate of drug-likeness (QED) is 0.851. The predicted molar refractivity (Wildman–Crippen MR) is 106 cm³/mol. The molecular formula is C21H25N3O3. The summed E-state index contributed by atoms with van der Waals surface area (Å²) in [5, 5.41) is 6.87. The Kier molecular flexibility index (Phi) is 4.90. The topological polar surface area (TPSA) is 62.8 Å². The van der Waals surface area contributed by atoms with Crippen molar-refractivity contribution in [2.45, 2.75) is 18.4 Å². The lowest BCUT2D eigenvalue weighted by atomic mass is 9.84. The van der Waals surface area contributed by atoms with Crippen molar-refractivity contribution in [3.63, 3.8) is 0 Å². The number of fused-ring (bicyclic) bond motifs is 1. The molecule has 27 heavy (non-hydrogen) atoms. The molecule has 0 aromatic heterocycles. The van der Waals surface area contributed by atoms with Crippen LogP contribution in [0.15, 0.2) is 48.5 Å². The van der Waals surface area contributed by atoms with Crippen molar-refractivity contribution < 1.29 is 14.3 Å². The number of nitrogens with one attached hydrogen (secondary N) is 2. The van der Waals surface area contributed by atoms with Gasteiger partial charge in [0.1, 0.15) is 12.1 Å². The Morgan fingerprint density at radius 2 is 1.74 bits per heavy atom. The lowest BCUT2D eigenvalue weighted by Gasteiger charge is -2.45. The summed E-state index contributed by atoms with van der Waals surface area (Å²) in [5.41, 5.74) is 1.40. The van der Waals surface area contributed by atoms with Crippen molar-refractivity contribution in [1.29, 1.82) is 0 Å². The predicted octanol–water partition coefficient (Wildman–Crippen LogP) is 2.65. The molecule has 2 aromatic rings. The second-order valence-electron chi connectivity index (χ2n) is 6.93. The zero-order valence-corrected chi connectivity index (χ0v) is 15.5. The molecule has 6 nitrogen and oxygen atoms in total. The molecule has 1 spiro atoms. The summed E-state index contributed by atoms with van der Waals surface area (Å²) in [4.78, 5) is 15.3. The Hall–Kier alpha value is -2.73. The highest BCUT2D eigenvalue weighted by molar-refractivity contribution is 6.08. The van der Waals surface area contributed by atoms with E-state index >= 15 is 0 Å². The Balaban J connectivity index is 1.54. The SMILES string of the molecule is COc1ccccc1OCCN1C(=O)C2(CCNCC2)Nc2ccccc21. The maximum Gasteiger partial charge on any atom is 0.252 e. The van der Waals surface area contributed by atoms with Gasteiger partial charge in [-0.15, -0.1) is 0 Å². The third kappa shape index (κ3) is 3.32. The number of ether oxygens (including phenoxy) is 2. The normalized spacial score (nSPS) is 18.0. The fourth-order valence-electron chi connectivity index (χ4n) is 3.89. The molecule has 2 aliphatic heterocycles. The minimum atomic E-state index is -0.524. The first-order chi connectivity index (χ1) is 13.2. The number of benzene rings is 2. The number of amides is 1. The molecule has 4 rings (SSSR count). The molecule has 2 heterocycles. The van der Waals surface area contributed by atoms with E-state index in [1.54, 1.807) is 7.11 Å². The first kappa shape index (κ1) is 17.7. The Labute approximate surface area is 159 Å². The highest BCUT2D eigenvalue weighted by Gasteiger charge is 2.46. The van der Waals surface area contributed by atoms with Crippen LogP contribution in [0.2, 0.25) is 0 Å². The standard InChI is InChI=1S/C21H25N3O3/c1-26-18-8-4-5-9-19(18)27-15-14-24-17-7-3-2-6-16(17)23-21(20(24)25)10-12-22-13-11-21/h2-9,22-23H,10-15H2,1H3. The smallest absolute Gasteiger partial charge is 0.252 e. The van der Waals surface area contributed by atoms with Crippen LogP contribution in [0.25, 0.3) is 0 Å². The van der Waals surface area contributed by atoms with E-state index in [1.807, 2.05) is 53.4 Å². The van der Waals surface area contributed by atoms with Crippen molar-refractivity contribution >= 4 is 17.3 Å². The number of carbonyl (C=O) groups excluding carboxylic acids is 1. The number of para-hydroxylation sites is 4. The zero-order chi connectivity index (χ0) is 18.7. The second kappa shape index (κ2) is 7.48. The summed E-state index contributed by atoms with van der Waals surface area (Å²) >= 11 is 0. The molecule has 0 aliphatic carbocycles. The third-order valence-electron chi connectivity index (χ3n) is 5.32. The molecule has 0 radical (unpaired) electrons. The van der Waals surface area contributed by atoms with E-state index in [0.717, 1.165) is 37.3 Å². The third-order valence-corrected chi connectivity index (χ3v) is 5.32. The zero-order valence-electron chi connectivity index (χ0n) is 15.5. The van der Waals surface area contributed by atoms with E-state index in [1.165, 1.54) is 0 Å². The van der Waals surface area contributed by atoms with Gasteiger partial charge >= 0.3 is 0 Å². The number of nitrogens with zero attached hydrogens (tertiary/aromatic N) is 1. The fraction of sp³-hybridized carbons (Fsp3) is 0.381. The van der Waals surface area contributed by atoms with Crippen LogP contribution in [0.5, 0.6) is 11.5 Å². The highest BCUT2D eigenvalue weighted by Crippen LogP contribution is 2.38. The van der Waals surface area contributed by atoms with Gasteiger partial charge in [0, 0.05) is 0 Å². The van der Waals surface area contributed by atoms with Gasteiger partial charge in [-0.05, 0) is 50.2 Å². The van der Waals surface area contributed by atoms with E-state index in [0.29, 0.717) is 24.7 Å². The fourth-order valence-corrected chi connectivity index (χ4v) is 3.89. The number of hydrogen-bond donors (Lipinski definition) is 2. The van der Waals surface area contributed by atoms with Crippen LogP contribution in [-0.2, 0) is 4.79 Å². The molecular weight excluding hydrogens is 342 g/mol. The summed E-state index contributed by atoms with van der Waals surface area (Å²) < 4.78 is 11.3. The summed E-state index contributed by atoms with van der Waals surface area (Å²) in [5.74, 6) is 1.51. The van der Waals surface area contributed by atoms with Crippen molar-refractivity contribution in [3.05, 3.63) is 48.5 Å². The van der Waals surface area contributed by atoms with Gasteiger partial charge in [-0.3, -0.25) is 4.79 Å². The molecule has 0 bridgehead atoms. The minimum absolute atomic E-state index is 0.131. The molecule has 0 atom stereocenters. The molecule has 1 fully saturated rings. The molecule has 2 N–H and O–H groups in total. The van der Waals surface area contributed by atoms with Crippen LogP contribution < -0.4 is 25.0 Å². The molecule has 0 unspecified atom stereocenters. The average Bonchev–Trinajstić information content (AvgIpc) is 2.72. The highest BCUT2D eigenvalue weighted by atomic mass is 16.5. The van der Waals surface area contributed by atoms with E-state index in [9.17, 15) is 4.79 Å². The Bertz CT molecular complexity index is 818. The summed E-state index contributed by atoms with van der Waals surface area (Å²) in [6.45, 7) is 2.57. The number of anilines is 2. The van der Waals surface area contributed by atoms with Crippen LogP contribution in [0.1, 0.15) is 12.8 Å². The lowest BCUT2D eigenvalue weighted by molar-refractivity contribution is -0.124. The first-order valence-electron chi connectivity index (χ1n) is 9.39. The van der Waals surface area contributed by atoms with Crippen molar-refractivity contribution in [2.24, 2.45) is 0 Å². The van der Waals surface area contributed by atoms with Gasteiger partial charge in [0.05, 0.1) is 25.0 Å². The number of carbonyl (C=O) groups is 1. The monoisotopic (exact) mass is 367 g/mol. The van der Waals surface area contributed by atoms with Crippen LogP contribution >= 0.6 is 0 Å². The van der Waals surface area contributed by atoms with Crippen LogP contribution in [0, 0.1) is 0 Å². The van der Waals surface area contributed by atoms with Gasteiger partial charge in [0.15, 0.2) is 11.5 Å². The second-order valence-corrected chi connectivity index (χ2v) is 6.93. The number of piperidine rings is 1. The average molecular weight is 367 g/mol. The Morgan fingerprint density at radius 3 is 2.52 bits per heavy atom. The van der Waals surface area contributed by atoms with Crippen molar-refractivity contribution in [1.82, 2.24) is 5.32 Å². The molecule has 1 saturated heterocycles. The maximum absolute atomic E-state index is 13.4. The molecule has 142 valence electrons. The largest absolute Gasteiger partial charge is 0.493 e. The molecule has 0 saturated carbocycles. The Morgan fingerprint density at radius 1 is 1.04 bits per heavy atom. The van der Waals surface area contributed by atoms with Gasteiger partial charge in [-0.25, -0.2) is 0 Å². The molecule has 2 aliphatic rings. The summed E-state index contributed by atoms with van der Waals surface area (Å²) in [7, 11) is 1.62. The van der Waals surface area contributed by atoms with Crippen LogP contribution in [-0.4, -0.2) is 44.8 Å². The number of methoxy groups -OCH3 is 1. The molecule has 1 amide bonds. The first-order valence-corrected chi connectivity index (χ1v) is 9.39. The van der Waals surface area contributed by atoms with E-state index < -0.39 is 5.54 Å². The number of hydrogen-bond acceptors (Lipinski definition) is 5. The van der Waals surface area contributed by atoms with Crippen LogP contribution in [0.4, 0.5) is 11.4 Å². The summed E-state index contributed by atoms with van der Waals surface area (Å²) in [6, 6.07) is 15.5. The van der Waals surface area contributed by atoms with Gasteiger partial charge in [-0.2, -0.15) is 0 Å². The van der Waals surface area contributed by atoms with Gasteiger partial charge in [-0.1, -0.05) is 24.3 Å². The summed E-state index contributed by atoms with van der Waals surface area (Å²) in [6.07, 6.45) is 1.56. The van der Waals surface area contributed by atoms with Crippen molar-refractivity contribution in [3.8, 4) is 11.5 Å². The van der Waals surface area contributed by atoms with E-state index in [2.05, 4.69) is 10.6 Å². The van der Waals surface area contributed by atoms with Crippen molar-refractivity contribution in [2.75, 3.05) is 43.6 Å². The molecule has 2 aromatic carbocycles. The van der Waals surface area contributed by atoms with E-state index in [-0.39, 0.29) is 5.91 Å². The lowest BCUT2D eigenvalue weighted by Crippen LogP contribution is -2.61. The number of rotatable bonds is 5. The van der Waals surface area contributed by atoms with E-state index in [4.69, 9.17) is 9.47 Å². The maximum atomic E-state index is 13.4.